The molecular formula is C25H24ClN3O3S. The number of nitrogens with zero attached hydrogens (tertiary/aromatic N) is 2. The minimum atomic E-state index is -3.91. The molecule has 1 heterocycles. The summed E-state index contributed by atoms with van der Waals surface area (Å²) < 4.78 is 35.1. The van der Waals surface area contributed by atoms with Crippen LogP contribution >= 0.6 is 11.6 Å². The molecule has 0 unspecified atom stereocenters. The van der Waals surface area contributed by atoms with Crippen molar-refractivity contribution in [2.75, 3.05) is 0 Å². The lowest BCUT2D eigenvalue weighted by Crippen LogP contribution is -2.30. The monoisotopic (exact) mass is 481 g/mol. The van der Waals surface area contributed by atoms with Crippen LogP contribution in [0.4, 0.5) is 0 Å². The van der Waals surface area contributed by atoms with Crippen molar-refractivity contribution in [3.05, 3.63) is 101 Å². The van der Waals surface area contributed by atoms with Crippen molar-refractivity contribution in [1.29, 1.82) is 0 Å². The zero-order valence-corrected chi connectivity index (χ0v) is 19.8. The predicted octanol–water partition coefficient (Wildman–Crippen LogP) is 5.66. The van der Waals surface area contributed by atoms with Crippen molar-refractivity contribution < 1.29 is 12.8 Å². The first kappa shape index (κ1) is 23.2. The van der Waals surface area contributed by atoms with Crippen LogP contribution in [0.15, 0.2) is 88.2 Å². The Bertz CT molecular complexity index is 1320. The summed E-state index contributed by atoms with van der Waals surface area (Å²) in [5.74, 6) is 0.869. The Labute approximate surface area is 198 Å². The molecule has 0 aliphatic rings. The molecule has 1 N–H and O–H groups in total. The lowest BCUT2D eigenvalue weighted by Gasteiger charge is -2.17. The summed E-state index contributed by atoms with van der Waals surface area (Å²) in [6, 6.07) is 22.2. The van der Waals surface area contributed by atoms with Crippen molar-refractivity contribution in [1.82, 2.24) is 14.9 Å². The molecule has 0 aliphatic carbocycles. The third kappa shape index (κ3) is 5.50. The molecule has 33 heavy (non-hydrogen) atoms. The standard InChI is InChI=1S/C25H24ClN3O3S/c1-17(2)16-18-12-14-20(15-13-18)33(30,31)29-23(21-10-6-7-11-22(21)26)25-28-27-24(32-25)19-8-4-3-5-9-19/h3-15,17,23,29H,16H2,1-2H3/t23-/m0/s1. The SMILES string of the molecule is CC(C)Cc1ccc(S(=O)(=O)N[C@H](c2nnc(-c3ccccc3)o2)c2ccccc2Cl)cc1. The van der Waals surface area contributed by atoms with E-state index in [0.29, 0.717) is 22.4 Å². The van der Waals surface area contributed by atoms with E-state index in [4.69, 9.17) is 16.0 Å². The normalized spacial score (nSPS) is 12.7. The summed E-state index contributed by atoms with van der Waals surface area (Å²) in [7, 11) is -3.91. The fourth-order valence-electron chi connectivity index (χ4n) is 3.50. The molecule has 0 amide bonds. The highest BCUT2D eigenvalue weighted by molar-refractivity contribution is 7.89. The maximum Gasteiger partial charge on any atom is 0.247 e. The van der Waals surface area contributed by atoms with E-state index in [1.54, 1.807) is 36.4 Å². The Morgan fingerprint density at radius 1 is 0.909 bits per heavy atom. The summed E-state index contributed by atoms with van der Waals surface area (Å²) in [5, 5.41) is 8.63. The molecule has 6 nitrogen and oxygen atoms in total. The molecule has 0 saturated heterocycles. The van der Waals surface area contributed by atoms with Crippen molar-refractivity contribution in [3.63, 3.8) is 0 Å². The molecule has 3 aromatic carbocycles. The predicted molar refractivity (Wildman–Crippen MR) is 128 cm³/mol. The minimum Gasteiger partial charge on any atom is -0.419 e. The maximum absolute atomic E-state index is 13.3. The maximum atomic E-state index is 13.3. The van der Waals surface area contributed by atoms with Crippen LogP contribution in [-0.2, 0) is 16.4 Å². The summed E-state index contributed by atoms with van der Waals surface area (Å²) in [6.45, 7) is 4.24. The van der Waals surface area contributed by atoms with E-state index in [1.807, 2.05) is 42.5 Å². The number of aromatic nitrogens is 2. The van der Waals surface area contributed by atoms with E-state index >= 15 is 0 Å². The smallest absolute Gasteiger partial charge is 0.247 e. The van der Waals surface area contributed by atoms with Gasteiger partial charge in [-0.05, 0) is 53.8 Å². The van der Waals surface area contributed by atoms with Gasteiger partial charge in [0.15, 0.2) is 0 Å². The van der Waals surface area contributed by atoms with Gasteiger partial charge in [-0.1, -0.05) is 74.0 Å². The average Bonchev–Trinajstić information content (AvgIpc) is 3.29. The van der Waals surface area contributed by atoms with Crippen LogP contribution < -0.4 is 4.72 Å². The van der Waals surface area contributed by atoms with Crippen LogP contribution in [0.3, 0.4) is 0 Å². The second kappa shape index (κ2) is 9.87. The van der Waals surface area contributed by atoms with Gasteiger partial charge in [-0.3, -0.25) is 0 Å². The quantitative estimate of drug-likeness (QED) is 0.351. The van der Waals surface area contributed by atoms with E-state index < -0.39 is 16.1 Å². The fraction of sp³-hybridized carbons (Fsp3) is 0.200. The first-order valence-corrected chi connectivity index (χ1v) is 12.4. The first-order valence-electron chi connectivity index (χ1n) is 10.6. The van der Waals surface area contributed by atoms with Crippen LogP contribution in [0.5, 0.6) is 0 Å². The topological polar surface area (TPSA) is 85.1 Å². The molecule has 0 fully saturated rings. The van der Waals surface area contributed by atoms with Gasteiger partial charge in [-0.25, -0.2) is 8.42 Å². The summed E-state index contributed by atoms with van der Waals surface area (Å²) in [6.07, 6.45) is 0.875. The van der Waals surface area contributed by atoms with Gasteiger partial charge in [0, 0.05) is 10.6 Å². The van der Waals surface area contributed by atoms with E-state index in [1.165, 1.54) is 0 Å². The van der Waals surface area contributed by atoms with Gasteiger partial charge in [0.2, 0.25) is 21.8 Å². The molecule has 4 rings (SSSR count). The molecule has 1 atom stereocenters. The molecule has 0 radical (unpaired) electrons. The molecule has 0 spiro atoms. The van der Waals surface area contributed by atoms with Crippen LogP contribution in [0.2, 0.25) is 5.02 Å². The Hall–Kier alpha value is -3.00. The van der Waals surface area contributed by atoms with Crippen molar-refractivity contribution in [2.24, 2.45) is 5.92 Å². The highest BCUT2D eigenvalue weighted by Crippen LogP contribution is 2.31. The van der Waals surface area contributed by atoms with Crippen LogP contribution in [0.1, 0.15) is 36.9 Å². The highest BCUT2D eigenvalue weighted by Gasteiger charge is 2.29. The number of sulfonamides is 1. The number of halogens is 1. The molecule has 1 aromatic heterocycles. The third-order valence-electron chi connectivity index (χ3n) is 5.08. The van der Waals surface area contributed by atoms with E-state index in [2.05, 4.69) is 28.8 Å². The van der Waals surface area contributed by atoms with Crippen LogP contribution in [0.25, 0.3) is 11.5 Å². The molecule has 0 saturated carbocycles. The third-order valence-corrected chi connectivity index (χ3v) is 6.86. The van der Waals surface area contributed by atoms with Crippen molar-refractivity contribution >= 4 is 21.6 Å². The number of hydrogen-bond acceptors (Lipinski definition) is 5. The fourth-order valence-corrected chi connectivity index (χ4v) is 4.92. The minimum absolute atomic E-state index is 0.0990. The van der Waals surface area contributed by atoms with Crippen molar-refractivity contribution in [2.45, 2.75) is 31.2 Å². The lowest BCUT2D eigenvalue weighted by atomic mass is 10.0. The highest BCUT2D eigenvalue weighted by atomic mass is 35.5. The number of benzene rings is 3. The van der Waals surface area contributed by atoms with Gasteiger partial charge in [-0.2, -0.15) is 4.72 Å². The number of rotatable bonds is 8. The van der Waals surface area contributed by atoms with Crippen molar-refractivity contribution in [3.8, 4) is 11.5 Å². The first-order chi connectivity index (χ1) is 15.8. The molecule has 170 valence electrons. The van der Waals surface area contributed by atoms with E-state index in [0.717, 1.165) is 17.5 Å². The van der Waals surface area contributed by atoms with Gasteiger partial charge in [0.25, 0.3) is 0 Å². The van der Waals surface area contributed by atoms with Gasteiger partial charge in [0.05, 0.1) is 4.90 Å². The summed E-state index contributed by atoms with van der Waals surface area (Å²) in [5.41, 5.74) is 2.33. The Morgan fingerprint density at radius 3 is 2.24 bits per heavy atom. The van der Waals surface area contributed by atoms with Crippen LogP contribution in [0, 0.1) is 5.92 Å². The molecule has 0 bridgehead atoms. The van der Waals surface area contributed by atoms with E-state index in [-0.39, 0.29) is 10.8 Å². The second-order valence-corrected chi connectivity index (χ2v) is 10.3. The van der Waals surface area contributed by atoms with Gasteiger partial charge in [-0.15, -0.1) is 10.2 Å². The summed E-state index contributed by atoms with van der Waals surface area (Å²) >= 11 is 6.41. The van der Waals surface area contributed by atoms with Gasteiger partial charge in [0.1, 0.15) is 6.04 Å². The molecule has 0 aliphatic heterocycles. The molecule has 8 heteroatoms. The average molecular weight is 482 g/mol. The largest absolute Gasteiger partial charge is 0.419 e. The van der Waals surface area contributed by atoms with Crippen LogP contribution in [-0.4, -0.2) is 18.6 Å². The molecule has 4 aromatic rings. The Morgan fingerprint density at radius 2 is 1.58 bits per heavy atom. The summed E-state index contributed by atoms with van der Waals surface area (Å²) in [4.78, 5) is 0.148. The van der Waals surface area contributed by atoms with Gasteiger partial charge < -0.3 is 4.42 Å². The number of hydrogen-bond donors (Lipinski definition) is 1. The number of nitrogens with one attached hydrogen (secondary N) is 1. The zero-order chi connectivity index (χ0) is 23.4. The second-order valence-electron chi connectivity index (χ2n) is 8.13. The lowest BCUT2D eigenvalue weighted by molar-refractivity contribution is 0.464. The Balaban J connectivity index is 1.69. The van der Waals surface area contributed by atoms with Gasteiger partial charge >= 0.3 is 0 Å². The van der Waals surface area contributed by atoms with E-state index in [9.17, 15) is 8.42 Å². The Kier molecular flexibility index (Phi) is 6.93. The molecular weight excluding hydrogens is 458 g/mol. The zero-order valence-electron chi connectivity index (χ0n) is 18.3.